The highest BCUT2D eigenvalue weighted by atomic mass is 32.2. The van der Waals surface area contributed by atoms with Crippen LogP contribution in [0.1, 0.15) is 54.5 Å². The van der Waals surface area contributed by atoms with Gasteiger partial charge in [-0.2, -0.15) is 0 Å². The summed E-state index contributed by atoms with van der Waals surface area (Å²) in [6.07, 6.45) is 3.17. The van der Waals surface area contributed by atoms with Gasteiger partial charge in [-0.25, -0.2) is 4.79 Å². The lowest BCUT2D eigenvalue weighted by molar-refractivity contribution is -0.158. The largest absolute Gasteiger partial charge is 0.476 e. The van der Waals surface area contributed by atoms with Crippen LogP contribution in [0.4, 0.5) is 0 Å². The molecule has 0 amide bonds. The minimum absolute atomic E-state index is 0.338. The van der Waals surface area contributed by atoms with E-state index >= 15 is 0 Å². The molecule has 3 aromatic carbocycles. The number of ether oxygens (including phenoxy) is 2. The fourth-order valence-corrected chi connectivity index (χ4v) is 5.95. The summed E-state index contributed by atoms with van der Waals surface area (Å²) >= 11 is 1.78. The highest BCUT2D eigenvalue weighted by molar-refractivity contribution is 7.98. The Bertz CT molecular complexity index is 1200. The zero-order valence-corrected chi connectivity index (χ0v) is 24.4. The van der Waals surface area contributed by atoms with Crippen molar-refractivity contribution < 1.29 is 14.3 Å². The van der Waals surface area contributed by atoms with E-state index in [1.54, 1.807) is 25.6 Å². The number of hydrogen-bond acceptors (Lipinski definition) is 5. The number of benzene rings is 3. The van der Waals surface area contributed by atoms with Gasteiger partial charge in [0.2, 0.25) is 0 Å². The molecular weight excluding hydrogens is 490 g/mol. The van der Waals surface area contributed by atoms with Gasteiger partial charge in [0, 0.05) is 30.4 Å². The van der Waals surface area contributed by atoms with Gasteiger partial charge < -0.3 is 9.47 Å². The molecule has 1 heterocycles. The maximum atomic E-state index is 12.5. The summed E-state index contributed by atoms with van der Waals surface area (Å²) in [7, 11) is 0. The fraction of sp³-hybridized carbons (Fsp3) is 0.424. The van der Waals surface area contributed by atoms with Crippen molar-refractivity contribution in [1.29, 1.82) is 0 Å². The lowest BCUT2D eigenvalue weighted by Gasteiger charge is -2.27. The Balaban J connectivity index is 1.59. The van der Waals surface area contributed by atoms with Crippen molar-refractivity contribution in [1.82, 2.24) is 4.90 Å². The molecule has 1 unspecified atom stereocenters. The van der Waals surface area contributed by atoms with Crippen molar-refractivity contribution in [2.45, 2.75) is 64.0 Å². The zero-order chi connectivity index (χ0) is 27.3. The van der Waals surface area contributed by atoms with Crippen LogP contribution in [0.2, 0.25) is 0 Å². The third-order valence-corrected chi connectivity index (χ3v) is 8.20. The maximum Gasteiger partial charge on any atom is 0.349 e. The van der Waals surface area contributed by atoms with Gasteiger partial charge >= 0.3 is 5.97 Å². The Morgan fingerprint density at radius 1 is 0.974 bits per heavy atom. The SMILES string of the molecule is CCOC(=O)C(C)(C)Oc1c(C)cc([C@H]2CN(Cc3ccccc3)CC2Cc2ccc(SC)cc2)cc1C. The van der Waals surface area contributed by atoms with Gasteiger partial charge in [-0.15, -0.1) is 11.8 Å². The molecule has 0 bridgehead atoms. The van der Waals surface area contributed by atoms with E-state index in [-0.39, 0.29) is 5.97 Å². The minimum atomic E-state index is -1.04. The number of carbonyl (C=O) groups excluding carboxylic acids is 1. The zero-order valence-electron chi connectivity index (χ0n) is 23.6. The lowest BCUT2D eigenvalue weighted by atomic mass is 9.83. The number of hydrogen-bond donors (Lipinski definition) is 0. The maximum absolute atomic E-state index is 12.5. The van der Waals surface area contributed by atoms with Crippen molar-refractivity contribution in [3.05, 3.63) is 94.5 Å². The van der Waals surface area contributed by atoms with Crippen LogP contribution >= 0.6 is 11.8 Å². The summed E-state index contributed by atoms with van der Waals surface area (Å²) in [6, 6.07) is 24.3. The number of nitrogens with zero attached hydrogens (tertiary/aromatic N) is 1. The molecule has 1 aliphatic heterocycles. The molecule has 0 spiro atoms. The van der Waals surface area contributed by atoms with Gasteiger partial charge in [0.25, 0.3) is 0 Å². The first-order valence-corrected chi connectivity index (χ1v) is 14.8. The van der Waals surface area contributed by atoms with E-state index in [1.807, 2.05) is 6.92 Å². The van der Waals surface area contributed by atoms with Crippen molar-refractivity contribution in [2.75, 3.05) is 26.0 Å². The summed E-state index contributed by atoms with van der Waals surface area (Å²) in [4.78, 5) is 16.4. The van der Waals surface area contributed by atoms with E-state index in [0.717, 1.165) is 42.9 Å². The monoisotopic (exact) mass is 531 g/mol. The standard InChI is InChI=1S/C33H41NO3S/c1-7-36-32(35)33(4,5)37-31-23(2)17-27(18-24(31)3)30-22-34(20-26-11-9-8-10-12-26)21-28(30)19-25-13-15-29(38-6)16-14-25/h8-18,28,30H,7,19-22H2,1-6H3/t28?,30-/m1/s1. The van der Waals surface area contributed by atoms with Gasteiger partial charge in [-0.1, -0.05) is 54.6 Å². The number of likely N-dealkylation sites (tertiary alicyclic amines) is 1. The van der Waals surface area contributed by atoms with Gasteiger partial charge in [0.05, 0.1) is 6.61 Å². The first-order chi connectivity index (χ1) is 18.2. The van der Waals surface area contributed by atoms with Crippen LogP contribution in [0.25, 0.3) is 0 Å². The van der Waals surface area contributed by atoms with Gasteiger partial charge in [0.15, 0.2) is 5.60 Å². The van der Waals surface area contributed by atoms with E-state index in [1.165, 1.54) is 21.6 Å². The van der Waals surface area contributed by atoms with E-state index in [9.17, 15) is 4.79 Å². The molecule has 202 valence electrons. The van der Waals surface area contributed by atoms with Crippen molar-refractivity contribution in [3.8, 4) is 5.75 Å². The van der Waals surface area contributed by atoms with Gasteiger partial charge in [0.1, 0.15) is 5.75 Å². The third kappa shape index (κ3) is 6.81. The first-order valence-electron chi connectivity index (χ1n) is 13.6. The first kappa shape index (κ1) is 28.3. The fourth-order valence-electron chi connectivity index (χ4n) is 5.54. The second kappa shape index (κ2) is 12.4. The molecule has 1 fully saturated rings. The van der Waals surface area contributed by atoms with Gasteiger partial charge in [-0.3, -0.25) is 4.90 Å². The lowest BCUT2D eigenvalue weighted by Crippen LogP contribution is -2.40. The average Bonchev–Trinajstić information content (AvgIpc) is 3.29. The van der Waals surface area contributed by atoms with E-state index in [4.69, 9.17) is 9.47 Å². The van der Waals surface area contributed by atoms with Gasteiger partial charge in [-0.05, 0) is 93.2 Å². The van der Waals surface area contributed by atoms with Crippen LogP contribution in [0.3, 0.4) is 0 Å². The molecule has 4 rings (SSSR count). The Labute approximate surface area is 232 Å². The molecule has 0 radical (unpaired) electrons. The van der Waals surface area contributed by atoms with Crippen LogP contribution in [0, 0.1) is 19.8 Å². The number of esters is 1. The Morgan fingerprint density at radius 2 is 1.63 bits per heavy atom. The second-order valence-corrected chi connectivity index (χ2v) is 11.8. The van der Waals surface area contributed by atoms with Crippen molar-refractivity contribution in [2.24, 2.45) is 5.92 Å². The molecule has 0 saturated carbocycles. The normalized spacial score (nSPS) is 17.9. The quantitative estimate of drug-likeness (QED) is 0.204. The Hall–Kier alpha value is -2.76. The second-order valence-electron chi connectivity index (χ2n) is 10.9. The molecule has 0 aromatic heterocycles. The minimum Gasteiger partial charge on any atom is -0.476 e. The number of aryl methyl sites for hydroxylation is 2. The summed E-state index contributed by atoms with van der Waals surface area (Å²) in [5.74, 6) is 1.36. The Morgan fingerprint density at radius 3 is 2.24 bits per heavy atom. The Kier molecular flexibility index (Phi) is 9.22. The molecule has 0 aliphatic carbocycles. The number of rotatable bonds is 10. The van der Waals surface area contributed by atoms with E-state index in [2.05, 4.69) is 91.7 Å². The third-order valence-electron chi connectivity index (χ3n) is 7.46. The molecule has 0 N–H and O–H groups in total. The highest BCUT2D eigenvalue weighted by Crippen LogP contribution is 2.39. The predicted octanol–water partition coefficient (Wildman–Crippen LogP) is 7.20. The average molecular weight is 532 g/mol. The predicted molar refractivity (Wildman–Crippen MR) is 157 cm³/mol. The molecule has 1 aliphatic rings. The van der Waals surface area contributed by atoms with Crippen molar-refractivity contribution >= 4 is 17.7 Å². The number of carbonyl (C=O) groups is 1. The van der Waals surface area contributed by atoms with Crippen LogP contribution in [-0.4, -0.2) is 42.4 Å². The van der Waals surface area contributed by atoms with E-state index < -0.39 is 5.60 Å². The topological polar surface area (TPSA) is 38.8 Å². The smallest absolute Gasteiger partial charge is 0.349 e. The van der Waals surface area contributed by atoms with Crippen molar-refractivity contribution in [3.63, 3.8) is 0 Å². The summed E-state index contributed by atoms with van der Waals surface area (Å²) in [5, 5.41) is 0. The van der Waals surface area contributed by atoms with Crippen LogP contribution in [-0.2, 0) is 22.5 Å². The molecule has 4 nitrogen and oxygen atoms in total. The van der Waals surface area contributed by atoms with Crippen LogP contribution < -0.4 is 4.74 Å². The molecular formula is C33H41NO3S. The molecule has 3 aromatic rings. The van der Waals surface area contributed by atoms with Crippen LogP contribution in [0.5, 0.6) is 5.75 Å². The summed E-state index contributed by atoms with van der Waals surface area (Å²) in [6.45, 7) is 12.9. The molecule has 5 heteroatoms. The molecule has 2 atom stereocenters. The summed E-state index contributed by atoms with van der Waals surface area (Å²) < 4.78 is 11.5. The van der Waals surface area contributed by atoms with Crippen LogP contribution in [0.15, 0.2) is 71.6 Å². The highest BCUT2D eigenvalue weighted by Gasteiger charge is 2.36. The molecule has 1 saturated heterocycles. The summed E-state index contributed by atoms with van der Waals surface area (Å²) in [5.41, 5.74) is 5.17. The number of thioether (sulfide) groups is 1. The molecule has 38 heavy (non-hydrogen) atoms. The van der Waals surface area contributed by atoms with E-state index in [0.29, 0.717) is 18.4 Å².